The molecule has 2 N–H and O–H groups in total. The molecule has 2 atom stereocenters. The van der Waals surface area contributed by atoms with Gasteiger partial charge in [0.15, 0.2) is 0 Å². The van der Waals surface area contributed by atoms with Crippen molar-refractivity contribution in [1.82, 2.24) is 5.32 Å². The number of benzene rings is 2. The van der Waals surface area contributed by atoms with E-state index in [0.717, 1.165) is 12.8 Å². The zero-order valence-electron chi connectivity index (χ0n) is 13.7. The minimum atomic E-state index is -1.04. The Balaban J connectivity index is 1.62. The molecular formula is C20H20FNO3. The maximum absolute atomic E-state index is 13.0. The van der Waals surface area contributed by atoms with Crippen LogP contribution < -0.4 is 5.32 Å². The molecule has 0 aliphatic heterocycles. The standard InChI is InChI=1S/C20H20FNO3/c21-17-9-7-14(8-10-17)18(20(24)25)12-22-19(23)16-6-5-13-3-1-2-4-15(13)11-16/h1-4,7-10,16,18H,5-6,11-12H2,(H,22,23)(H,24,25). The van der Waals surface area contributed by atoms with E-state index in [9.17, 15) is 19.1 Å². The molecule has 0 spiro atoms. The quantitative estimate of drug-likeness (QED) is 0.879. The van der Waals surface area contributed by atoms with Crippen LogP contribution in [-0.4, -0.2) is 23.5 Å². The third-order valence-corrected chi connectivity index (χ3v) is 4.77. The normalized spacial score (nSPS) is 17.4. The second kappa shape index (κ2) is 7.47. The van der Waals surface area contributed by atoms with Crippen molar-refractivity contribution >= 4 is 11.9 Å². The van der Waals surface area contributed by atoms with Gasteiger partial charge in [0.05, 0.1) is 5.92 Å². The van der Waals surface area contributed by atoms with E-state index in [1.54, 1.807) is 0 Å². The summed E-state index contributed by atoms with van der Waals surface area (Å²) in [7, 11) is 0. The first-order valence-electron chi connectivity index (χ1n) is 8.37. The Morgan fingerprint density at radius 2 is 1.80 bits per heavy atom. The van der Waals surface area contributed by atoms with Crippen molar-refractivity contribution < 1.29 is 19.1 Å². The number of hydrogen-bond donors (Lipinski definition) is 2. The van der Waals surface area contributed by atoms with Gasteiger partial charge in [-0.25, -0.2) is 4.39 Å². The monoisotopic (exact) mass is 341 g/mol. The highest BCUT2D eigenvalue weighted by atomic mass is 19.1. The molecule has 5 heteroatoms. The molecule has 0 heterocycles. The number of fused-ring (bicyclic) bond motifs is 1. The number of carboxylic acids is 1. The van der Waals surface area contributed by atoms with Gasteiger partial charge in [-0.05, 0) is 48.1 Å². The number of aliphatic carboxylic acids is 1. The Morgan fingerprint density at radius 1 is 1.12 bits per heavy atom. The first-order valence-corrected chi connectivity index (χ1v) is 8.37. The Kier molecular flexibility index (Phi) is 5.12. The van der Waals surface area contributed by atoms with E-state index in [0.29, 0.717) is 12.0 Å². The van der Waals surface area contributed by atoms with Gasteiger partial charge >= 0.3 is 5.97 Å². The maximum atomic E-state index is 13.0. The predicted octanol–water partition coefficient (Wildman–Crippen LogP) is 2.92. The number of nitrogens with one attached hydrogen (secondary N) is 1. The van der Waals surface area contributed by atoms with Crippen molar-refractivity contribution in [3.63, 3.8) is 0 Å². The van der Waals surface area contributed by atoms with Crippen LogP contribution in [0.5, 0.6) is 0 Å². The summed E-state index contributed by atoms with van der Waals surface area (Å²) in [6, 6.07) is 13.4. The van der Waals surface area contributed by atoms with Crippen molar-refractivity contribution in [2.45, 2.75) is 25.2 Å². The lowest BCUT2D eigenvalue weighted by Gasteiger charge is -2.24. The molecule has 25 heavy (non-hydrogen) atoms. The molecule has 0 radical (unpaired) electrons. The number of rotatable bonds is 5. The van der Waals surface area contributed by atoms with Crippen molar-refractivity contribution in [3.05, 3.63) is 71.0 Å². The summed E-state index contributed by atoms with van der Waals surface area (Å²) in [5.41, 5.74) is 2.94. The number of amides is 1. The van der Waals surface area contributed by atoms with Crippen LogP contribution in [0, 0.1) is 11.7 Å². The second-order valence-corrected chi connectivity index (χ2v) is 6.40. The van der Waals surface area contributed by atoms with Crippen LogP contribution >= 0.6 is 0 Å². The van der Waals surface area contributed by atoms with Crippen LogP contribution in [0.2, 0.25) is 0 Å². The zero-order valence-corrected chi connectivity index (χ0v) is 13.7. The van der Waals surface area contributed by atoms with E-state index in [1.165, 1.54) is 35.4 Å². The van der Waals surface area contributed by atoms with E-state index in [4.69, 9.17) is 0 Å². The SMILES string of the molecule is O=C(NCC(C(=O)O)c1ccc(F)cc1)C1CCc2ccccc2C1. The summed E-state index contributed by atoms with van der Waals surface area (Å²) < 4.78 is 13.0. The number of carbonyl (C=O) groups excluding carboxylic acids is 1. The first kappa shape index (κ1) is 17.1. The van der Waals surface area contributed by atoms with E-state index in [-0.39, 0.29) is 18.4 Å². The third kappa shape index (κ3) is 4.05. The molecular weight excluding hydrogens is 321 g/mol. The molecule has 3 rings (SSSR count). The van der Waals surface area contributed by atoms with E-state index >= 15 is 0 Å². The number of carboxylic acid groups (broad SMARTS) is 1. The predicted molar refractivity (Wildman–Crippen MR) is 91.7 cm³/mol. The Morgan fingerprint density at radius 3 is 2.48 bits per heavy atom. The largest absolute Gasteiger partial charge is 0.481 e. The highest BCUT2D eigenvalue weighted by Gasteiger charge is 2.26. The molecule has 4 nitrogen and oxygen atoms in total. The Bertz CT molecular complexity index is 773. The number of carbonyl (C=O) groups is 2. The first-order chi connectivity index (χ1) is 12.0. The summed E-state index contributed by atoms with van der Waals surface area (Å²) in [4.78, 5) is 23.9. The fraction of sp³-hybridized carbons (Fsp3) is 0.300. The van der Waals surface area contributed by atoms with Gasteiger partial charge < -0.3 is 10.4 Å². The fourth-order valence-corrected chi connectivity index (χ4v) is 3.31. The van der Waals surface area contributed by atoms with E-state index in [1.807, 2.05) is 18.2 Å². The summed E-state index contributed by atoms with van der Waals surface area (Å²) in [6.45, 7) is -0.00204. The lowest BCUT2D eigenvalue weighted by Crippen LogP contribution is -2.37. The second-order valence-electron chi connectivity index (χ2n) is 6.40. The molecule has 130 valence electrons. The lowest BCUT2D eigenvalue weighted by molar-refractivity contribution is -0.138. The van der Waals surface area contributed by atoms with Gasteiger partial charge in [0.2, 0.25) is 5.91 Å². The number of aryl methyl sites for hydroxylation is 1. The molecule has 0 bridgehead atoms. The zero-order chi connectivity index (χ0) is 17.8. The smallest absolute Gasteiger partial charge is 0.312 e. The highest BCUT2D eigenvalue weighted by Crippen LogP contribution is 2.25. The van der Waals surface area contributed by atoms with Gasteiger partial charge in [-0.3, -0.25) is 9.59 Å². The number of hydrogen-bond acceptors (Lipinski definition) is 2. The third-order valence-electron chi connectivity index (χ3n) is 4.77. The average Bonchev–Trinajstić information content (AvgIpc) is 2.62. The van der Waals surface area contributed by atoms with Crippen molar-refractivity contribution in [2.24, 2.45) is 5.92 Å². The van der Waals surface area contributed by atoms with Crippen LogP contribution in [0.15, 0.2) is 48.5 Å². The highest BCUT2D eigenvalue weighted by molar-refractivity contribution is 5.81. The average molecular weight is 341 g/mol. The molecule has 1 aliphatic carbocycles. The number of halogens is 1. The van der Waals surface area contributed by atoms with Gasteiger partial charge in [0.1, 0.15) is 5.82 Å². The van der Waals surface area contributed by atoms with Gasteiger partial charge in [0, 0.05) is 12.5 Å². The summed E-state index contributed by atoms with van der Waals surface area (Å²) in [6.07, 6.45) is 2.29. The summed E-state index contributed by atoms with van der Waals surface area (Å²) in [5.74, 6) is -2.61. The van der Waals surface area contributed by atoms with Gasteiger partial charge in [-0.15, -0.1) is 0 Å². The van der Waals surface area contributed by atoms with E-state index in [2.05, 4.69) is 11.4 Å². The van der Waals surface area contributed by atoms with Crippen molar-refractivity contribution in [1.29, 1.82) is 0 Å². The molecule has 2 aromatic rings. The molecule has 2 aromatic carbocycles. The molecule has 1 amide bonds. The minimum absolute atomic E-state index is 0.00204. The van der Waals surface area contributed by atoms with Crippen molar-refractivity contribution in [2.75, 3.05) is 6.54 Å². The maximum Gasteiger partial charge on any atom is 0.312 e. The van der Waals surface area contributed by atoms with Crippen LogP contribution in [0.4, 0.5) is 4.39 Å². The topological polar surface area (TPSA) is 66.4 Å². The molecule has 0 fully saturated rings. The van der Waals surface area contributed by atoms with Crippen LogP contribution in [0.25, 0.3) is 0 Å². The molecule has 0 saturated heterocycles. The van der Waals surface area contributed by atoms with Gasteiger partial charge in [-0.1, -0.05) is 36.4 Å². The fourth-order valence-electron chi connectivity index (χ4n) is 3.31. The van der Waals surface area contributed by atoms with Crippen LogP contribution in [0.1, 0.15) is 29.0 Å². The Hall–Kier alpha value is -2.69. The van der Waals surface area contributed by atoms with Crippen LogP contribution in [-0.2, 0) is 22.4 Å². The van der Waals surface area contributed by atoms with Crippen LogP contribution in [0.3, 0.4) is 0 Å². The lowest BCUT2D eigenvalue weighted by atomic mass is 9.83. The van der Waals surface area contributed by atoms with Crippen molar-refractivity contribution in [3.8, 4) is 0 Å². The molecule has 2 unspecified atom stereocenters. The Labute approximate surface area is 145 Å². The molecule has 0 aromatic heterocycles. The summed E-state index contributed by atoms with van der Waals surface area (Å²) >= 11 is 0. The van der Waals surface area contributed by atoms with Gasteiger partial charge in [-0.2, -0.15) is 0 Å². The summed E-state index contributed by atoms with van der Waals surface area (Å²) in [5, 5.41) is 12.2. The van der Waals surface area contributed by atoms with E-state index < -0.39 is 17.7 Å². The molecule has 0 saturated carbocycles. The minimum Gasteiger partial charge on any atom is -0.481 e. The molecule has 1 aliphatic rings. The van der Waals surface area contributed by atoms with Gasteiger partial charge in [0.25, 0.3) is 0 Å².